The number of Topliss-reactive ketones (excluding diaryl/α,β-unsaturated/α-hetero) is 1. The van der Waals surface area contributed by atoms with Crippen LogP contribution in [0.2, 0.25) is 0 Å². The van der Waals surface area contributed by atoms with E-state index in [1.807, 2.05) is 12.1 Å². The van der Waals surface area contributed by atoms with Gasteiger partial charge >= 0.3 is 0 Å². The minimum atomic E-state index is -1.10. The van der Waals surface area contributed by atoms with Crippen molar-refractivity contribution in [1.29, 1.82) is 0 Å². The average molecular weight is 312 g/mol. The Labute approximate surface area is 133 Å². The standard InChI is InChI=1S/C18H16O5/c19-11-18(10-14(20)13-3-1-2-4-15(13)23-18)12-5-6-16-17(9-12)22-8-7-21-16/h1-6,9,19H,7-8,10-11H2. The lowest BCUT2D eigenvalue weighted by molar-refractivity contribution is -0.00702. The zero-order valence-corrected chi connectivity index (χ0v) is 12.5. The number of ether oxygens (including phenoxy) is 3. The molecule has 0 fully saturated rings. The summed E-state index contributed by atoms with van der Waals surface area (Å²) in [5.41, 5.74) is 0.155. The molecule has 0 aromatic heterocycles. The second kappa shape index (κ2) is 5.28. The molecule has 0 spiro atoms. The Balaban J connectivity index is 1.78. The van der Waals surface area contributed by atoms with Gasteiger partial charge in [-0.3, -0.25) is 4.79 Å². The van der Waals surface area contributed by atoms with Gasteiger partial charge < -0.3 is 19.3 Å². The second-order valence-corrected chi connectivity index (χ2v) is 5.71. The van der Waals surface area contributed by atoms with Crippen molar-refractivity contribution in [2.45, 2.75) is 12.0 Å². The quantitative estimate of drug-likeness (QED) is 0.922. The maximum Gasteiger partial charge on any atom is 0.171 e. The summed E-state index contributed by atoms with van der Waals surface area (Å²) in [6.07, 6.45) is 0.0835. The van der Waals surface area contributed by atoms with Gasteiger partial charge in [-0.1, -0.05) is 18.2 Å². The molecule has 0 radical (unpaired) electrons. The summed E-state index contributed by atoms with van der Waals surface area (Å²) in [5.74, 6) is 1.72. The number of hydrogen-bond acceptors (Lipinski definition) is 5. The highest BCUT2D eigenvalue weighted by Gasteiger charge is 2.42. The van der Waals surface area contributed by atoms with Gasteiger partial charge in [0.2, 0.25) is 0 Å². The second-order valence-electron chi connectivity index (χ2n) is 5.71. The summed E-state index contributed by atoms with van der Waals surface area (Å²) in [6, 6.07) is 12.5. The first-order chi connectivity index (χ1) is 11.2. The van der Waals surface area contributed by atoms with E-state index in [1.54, 1.807) is 30.3 Å². The van der Waals surface area contributed by atoms with Crippen molar-refractivity contribution in [1.82, 2.24) is 0 Å². The van der Waals surface area contributed by atoms with E-state index in [-0.39, 0.29) is 18.8 Å². The molecule has 118 valence electrons. The number of aliphatic hydroxyl groups excluding tert-OH is 1. The third-order valence-corrected chi connectivity index (χ3v) is 4.26. The Morgan fingerprint density at radius 1 is 1.00 bits per heavy atom. The first-order valence-electron chi connectivity index (χ1n) is 7.54. The Kier molecular flexibility index (Phi) is 3.23. The monoisotopic (exact) mass is 312 g/mol. The number of ketones is 1. The number of carbonyl (C=O) groups excluding carboxylic acids is 1. The van der Waals surface area contributed by atoms with Crippen LogP contribution in [0.4, 0.5) is 0 Å². The topological polar surface area (TPSA) is 65.0 Å². The van der Waals surface area contributed by atoms with Crippen molar-refractivity contribution >= 4 is 5.78 Å². The molecule has 2 aliphatic heterocycles. The SMILES string of the molecule is O=C1CC(CO)(c2ccc3c(c2)OCCO3)Oc2ccccc21. The molecule has 2 aromatic rings. The zero-order chi connectivity index (χ0) is 15.9. The van der Waals surface area contributed by atoms with Gasteiger partial charge in [0.1, 0.15) is 19.0 Å². The molecule has 0 bridgehead atoms. The molecule has 2 aromatic carbocycles. The molecule has 1 unspecified atom stereocenters. The highest BCUT2D eigenvalue weighted by atomic mass is 16.6. The van der Waals surface area contributed by atoms with Crippen LogP contribution in [0.15, 0.2) is 42.5 Å². The van der Waals surface area contributed by atoms with Crippen LogP contribution in [0.25, 0.3) is 0 Å². The maximum atomic E-state index is 12.5. The van der Waals surface area contributed by atoms with Crippen molar-refractivity contribution in [3.63, 3.8) is 0 Å². The van der Waals surface area contributed by atoms with Crippen LogP contribution in [-0.4, -0.2) is 30.7 Å². The predicted octanol–water partition coefficient (Wildman–Crippen LogP) is 2.31. The minimum absolute atomic E-state index is 0.0456. The predicted molar refractivity (Wildman–Crippen MR) is 82.2 cm³/mol. The lowest BCUT2D eigenvalue weighted by atomic mass is 9.84. The van der Waals surface area contributed by atoms with Crippen LogP contribution < -0.4 is 14.2 Å². The fraction of sp³-hybridized carbons (Fsp3) is 0.278. The first-order valence-corrected chi connectivity index (χ1v) is 7.54. The van der Waals surface area contributed by atoms with Crippen molar-refractivity contribution in [3.8, 4) is 17.2 Å². The van der Waals surface area contributed by atoms with E-state index >= 15 is 0 Å². The summed E-state index contributed by atoms with van der Waals surface area (Å²) in [5, 5.41) is 9.99. The highest BCUT2D eigenvalue weighted by Crippen LogP contribution is 2.42. The summed E-state index contributed by atoms with van der Waals surface area (Å²) in [7, 11) is 0. The first kappa shape index (κ1) is 14.1. The molecular weight excluding hydrogens is 296 g/mol. The third kappa shape index (κ3) is 2.24. The van der Waals surface area contributed by atoms with E-state index < -0.39 is 5.60 Å². The lowest BCUT2D eigenvalue weighted by Gasteiger charge is -2.37. The van der Waals surface area contributed by atoms with Gasteiger partial charge in [-0.05, 0) is 24.3 Å². The van der Waals surface area contributed by atoms with Crippen molar-refractivity contribution in [3.05, 3.63) is 53.6 Å². The Bertz CT molecular complexity index is 770. The van der Waals surface area contributed by atoms with E-state index in [4.69, 9.17) is 14.2 Å². The molecule has 0 amide bonds. The summed E-state index contributed by atoms with van der Waals surface area (Å²) < 4.78 is 17.2. The largest absolute Gasteiger partial charge is 0.486 e. The number of carbonyl (C=O) groups is 1. The van der Waals surface area contributed by atoms with Gasteiger partial charge in [0.25, 0.3) is 0 Å². The molecular formula is C18H16O5. The van der Waals surface area contributed by atoms with Gasteiger partial charge in [-0.2, -0.15) is 0 Å². The molecule has 23 heavy (non-hydrogen) atoms. The summed E-state index contributed by atoms with van der Waals surface area (Å²) in [4.78, 5) is 12.5. The molecule has 5 nitrogen and oxygen atoms in total. The van der Waals surface area contributed by atoms with Crippen LogP contribution in [-0.2, 0) is 5.60 Å². The summed E-state index contributed by atoms with van der Waals surface area (Å²) >= 11 is 0. The molecule has 2 heterocycles. The molecule has 1 atom stereocenters. The van der Waals surface area contributed by atoms with Crippen LogP contribution in [0.3, 0.4) is 0 Å². The Morgan fingerprint density at radius 3 is 2.61 bits per heavy atom. The van der Waals surface area contributed by atoms with Crippen molar-refractivity contribution in [2.75, 3.05) is 19.8 Å². The van der Waals surface area contributed by atoms with Crippen LogP contribution in [0.5, 0.6) is 17.2 Å². The maximum absolute atomic E-state index is 12.5. The van der Waals surface area contributed by atoms with Gasteiger partial charge in [0, 0.05) is 5.56 Å². The molecule has 2 aliphatic rings. The Hall–Kier alpha value is -2.53. The lowest BCUT2D eigenvalue weighted by Crippen LogP contribution is -2.42. The Morgan fingerprint density at radius 2 is 1.78 bits per heavy atom. The van der Waals surface area contributed by atoms with Crippen molar-refractivity contribution < 1.29 is 24.1 Å². The highest BCUT2D eigenvalue weighted by molar-refractivity contribution is 6.00. The fourth-order valence-electron chi connectivity index (χ4n) is 3.05. The van der Waals surface area contributed by atoms with Crippen LogP contribution in [0.1, 0.15) is 22.3 Å². The van der Waals surface area contributed by atoms with Crippen molar-refractivity contribution in [2.24, 2.45) is 0 Å². The molecule has 4 rings (SSSR count). The van der Waals surface area contributed by atoms with E-state index in [2.05, 4.69) is 0 Å². The van der Waals surface area contributed by atoms with Crippen LogP contribution in [0, 0.1) is 0 Å². The number of aliphatic hydroxyl groups is 1. The smallest absolute Gasteiger partial charge is 0.171 e. The van der Waals surface area contributed by atoms with E-state index in [0.29, 0.717) is 41.6 Å². The number of rotatable bonds is 2. The van der Waals surface area contributed by atoms with E-state index in [0.717, 1.165) is 0 Å². The van der Waals surface area contributed by atoms with Gasteiger partial charge in [0.05, 0.1) is 18.6 Å². The van der Waals surface area contributed by atoms with E-state index in [1.165, 1.54) is 0 Å². The van der Waals surface area contributed by atoms with Crippen LogP contribution >= 0.6 is 0 Å². The molecule has 1 N–H and O–H groups in total. The number of fused-ring (bicyclic) bond motifs is 2. The van der Waals surface area contributed by atoms with Gasteiger partial charge in [-0.25, -0.2) is 0 Å². The average Bonchev–Trinajstić information content (AvgIpc) is 2.61. The normalized spacial score (nSPS) is 22.2. The van der Waals surface area contributed by atoms with E-state index in [9.17, 15) is 9.90 Å². The number of para-hydroxylation sites is 1. The van der Waals surface area contributed by atoms with Gasteiger partial charge in [0.15, 0.2) is 22.9 Å². The fourth-order valence-corrected chi connectivity index (χ4v) is 3.05. The number of hydrogen-bond donors (Lipinski definition) is 1. The number of benzene rings is 2. The minimum Gasteiger partial charge on any atom is -0.486 e. The molecule has 0 aliphatic carbocycles. The third-order valence-electron chi connectivity index (χ3n) is 4.26. The summed E-state index contributed by atoms with van der Waals surface area (Å²) in [6.45, 7) is 0.692. The molecule has 5 heteroatoms. The molecule has 0 saturated heterocycles. The zero-order valence-electron chi connectivity index (χ0n) is 12.5. The van der Waals surface area contributed by atoms with Gasteiger partial charge in [-0.15, -0.1) is 0 Å². The molecule has 0 saturated carbocycles.